The second-order valence-corrected chi connectivity index (χ2v) is 4.84. The Morgan fingerprint density at radius 2 is 2.12 bits per heavy atom. The van der Waals surface area contributed by atoms with E-state index in [0.29, 0.717) is 6.42 Å². The molecule has 0 bridgehead atoms. The number of aliphatic carboxylic acids is 1. The van der Waals surface area contributed by atoms with Crippen molar-refractivity contribution in [3.63, 3.8) is 0 Å². The second kappa shape index (κ2) is 4.32. The number of aryl methyl sites for hydroxylation is 2. The fourth-order valence-corrected chi connectivity index (χ4v) is 2.57. The molecule has 1 aliphatic carbocycles. The van der Waals surface area contributed by atoms with Gasteiger partial charge >= 0.3 is 5.97 Å². The van der Waals surface area contributed by atoms with Crippen LogP contribution in [0.25, 0.3) is 0 Å². The molecule has 1 aromatic rings. The van der Waals surface area contributed by atoms with E-state index in [1.807, 2.05) is 0 Å². The first kappa shape index (κ1) is 11.2. The summed E-state index contributed by atoms with van der Waals surface area (Å²) in [5, 5.41) is 8.97. The average molecular weight is 221 g/mol. The lowest BCUT2D eigenvalue weighted by Crippen LogP contribution is -2.14. The third-order valence-corrected chi connectivity index (χ3v) is 3.56. The maximum Gasteiger partial charge on any atom is 0.306 e. The van der Waals surface area contributed by atoms with Crippen LogP contribution in [0.4, 0.5) is 0 Å². The number of carbonyl (C=O) groups is 1. The van der Waals surface area contributed by atoms with Crippen molar-refractivity contribution in [1.82, 2.24) is 4.98 Å². The van der Waals surface area contributed by atoms with Crippen molar-refractivity contribution in [2.24, 2.45) is 5.92 Å². The highest BCUT2D eigenvalue weighted by atomic mass is 16.4. The minimum atomic E-state index is -0.704. The van der Waals surface area contributed by atoms with E-state index in [-0.39, 0.29) is 5.92 Å². The number of carboxylic acids is 1. The number of aromatic amines is 1. The molecule has 0 radical (unpaired) electrons. The lowest BCUT2D eigenvalue weighted by molar-refractivity contribution is -0.141. The largest absolute Gasteiger partial charge is 0.481 e. The smallest absolute Gasteiger partial charge is 0.306 e. The van der Waals surface area contributed by atoms with Crippen LogP contribution in [0.1, 0.15) is 42.3 Å². The molecule has 0 amide bonds. The molecule has 0 fully saturated rings. The number of aromatic nitrogens is 1. The molecule has 0 aromatic carbocycles. The Morgan fingerprint density at radius 3 is 2.81 bits per heavy atom. The minimum Gasteiger partial charge on any atom is -0.481 e. The second-order valence-electron chi connectivity index (χ2n) is 4.84. The predicted molar refractivity (Wildman–Crippen MR) is 62.7 cm³/mol. The van der Waals surface area contributed by atoms with Crippen molar-refractivity contribution in [1.29, 1.82) is 0 Å². The minimum absolute atomic E-state index is 0.291. The molecule has 16 heavy (non-hydrogen) atoms. The van der Waals surface area contributed by atoms with Crippen LogP contribution in [0.2, 0.25) is 0 Å². The first-order chi connectivity index (χ1) is 7.59. The monoisotopic (exact) mass is 221 g/mol. The maximum absolute atomic E-state index is 10.9. The van der Waals surface area contributed by atoms with Crippen LogP contribution in [0.15, 0.2) is 0 Å². The SMILES string of the molecule is Cc1[nH]c2c(c1CC(C)C(=O)O)CCCC2. The summed E-state index contributed by atoms with van der Waals surface area (Å²) in [5.41, 5.74) is 5.16. The lowest BCUT2D eigenvalue weighted by Gasteiger charge is -2.14. The fraction of sp³-hybridized carbons (Fsp3) is 0.615. The van der Waals surface area contributed by atoms with Gasteiger partial charge in [-0.3, -0.25) is 4.79 Å². The van der Waals surface area contributed by atoms with Gasteiger partial charge in [-0.25, -0.2) is 0 Å². The van der Waals surface area contributed by atoms with Gasteiger partial charge in [-0.05, 0) is 50.2 Å². The zero-order chi connectivity index (χ0) is 11.7. The molecule has 1 heterocycles. The topological polar surface area (TPSA) is 53.1 Å². The van der Waals surface area contributed by atoms with Gasteiger partial charge in [-0.2, -0.15) is 0 Å². The summed E-state index contributed by atoms with van der Waals surface area (Å²) in [6.45, 7) is 3.84. The van der Waals surface area contributed by atoms with E-state index in [4.69, 9.17) is 5.11 Å². The highest BCUT2D eigenvalue weighted by Gasteiger charge is 2.21. The van der Waals surface area contributed by atoms with Gasteiger partial charge in [0, 0.05) is 11.4 Å². The van der Waals surface area contributed by atoms with Gasteiger partial charge in [0.25, 0.3) is 0 Å². The van der Waals surface area contributed by atoms with Crippen molar-refractivity contribution in [2.75, 3.05) is 0 Å². The van der Waals surface area contributed by atoms with Gasteiger partial charge in [-0.1, -0.05) is 6.92 Å². The van der Waals surface area contributed by atoms with Gasteiger partial charge in [-0.15, -0.1) is 0 Å². The molecule has 0 saturated heterocycles. The fourth-order valence-electron chi connectivity index (χ4n) is 2.57. The molecule has 0 aliphatic heterocycles. The van der Waals surface area contributed by atoms with Gasteiger partial charge < -0.3 is 10.1 Å². The first-order valence-corrected chi connectivity index (χ1v) is 6.01. The Labute approximate surface area is 95.9 Å². The summed E-state index contributed by atoms with van der Waals surface area (Å²) < 4.78 is 0. The summed E-state index contributed by atoms with van der Waals surface area (Å²) in [6.07, 6.45) is 5.38. The first-order valence-electron chi connectivity index (χ1n) is 6.01. The molecule has 1 atom stereocenters. The van der Waals surface area contributed by atoms with Crippen LogP contribution in [0.3, 0.4) is 0 Å². The summed E-state index contributed by atoms with van der Waals surface area (Å²) >= 11 is 0. The Hall–Kier alpha value is -1.25. The van der Waals surface area contributed by atoms with E-state index in [9.17, 15) is 4.79 Å². The van der Waals surface area contributed by atoms with Crippen molar-refractivity contribution >= 4 is 5.97 Å². The zero-order valence-corrected chi connectivity index (χ0v) is 9.97. The van der Waals surface area contributed by atoms with Crippen LogP contribution in [-0.2, 0) is 24.1 Å². The number of carboxylic acid groups (broad SMARTS) is 1. The number of H-pyrrole nitrogens is 1. The van der Waals surface area contributed by atoms with Gasteiger partial charge in [0.05, 0.1) is 5.92 Å². The Kier molecular flexibility index (Phi) is 3.03. The van der Waals surface area contributed by atoms with Crippen LogP contribution in [-0.4, -0.2) is 16.1 Å². The molecule has 0 saturated carbocycles. The highest BCUT2D eigenvalue weighted by molar-refractivity contribution is 5.70. The molecule has 2 rings (SSSR count). The molecule has 1 aromatic heterocycles. The van der Waals surface area contributed by atoms with E-state index in [1.165, 1.54) is 35.4 Å². The van der Waals surface area contributed by atoms with Crippen LogP contribution in [0, 0.1) is 12.8 Å². The summed E-state index contributed by atoms with van der Waals surface area (Å²) in [5.74, 6) is -0.995. The van der Waals surface area contributed by atoms with E-state index in [2.05, 4.69) is 11.9 Å². The number of rotatable bonds is 3. The van der Waals surface area contributed by atoms with Gasteiger partial charge in [0.2, 0.25) is 0 Å². The molecule has 0 spiro atoms. The molecule has 1 aliphatic rings. The third-order valence-electron chi connectivity index (χ3n) is 3.56. The van der Waals surface area contributed by atoms with Crippen molar-refractivity contribution < 1.29 is 9.90 Å². The molecule has 3 heteroatoms. The number of hydrogen-bond donors (Lipinski definition) is 2. The molecular weight excluding hydrogens is 202 g/mol. The molecule has 2 N–H and O–H groups in total. The van der Waals surface area contributed by atoms with E-state index in [1.54, 1.807) is 6.92 Å². The lowest BCUT2D eigenvalue weighted by atomic mass is 9.90. The molecule has 3 nitrogen and oxygen atoms in total. The Morgan fingerprint density at radius 1 is 1.44 bits per heavy atom. The quantitative estimate of drug-likeness (QED) is 0.823. The number of nitrogens with one attached hydrogen (secondary N) is 1. The average Bonchev–Trinajstić information content (AvgIpc) is 2.55. The van der Waals surface area contributed by atoms with E-state index >= 15 is 0 Å². The molecular formula is C13H19NO2. The Bertz CT molecular complexity index is 406. The van der Waals surface area contributed by atoms with Crippen LogP contribution in [0.5, 0.6) is 0 Å². The molecule has 1 unspecified atom stereocenters. The zero-order valence-electron chi connectivity index (χ0n) is 9.97. The van der Waals surface area contributed by atoms with Gasteiger partial charge in [0.15, 0.2) is 0 Å². The standard InChI is InChI=1S/C13H19NO2/c1-8(13(15)16)7-11-9(2)14-12-6-4-3-5-10(11)12/h8,14H,3-7H2,1-2H3,(H,15,16). The van der Waals surface area contributed by atoms with Crippen molar-refractivity contribution in [3.8, 4) is 0 Å². The summed E-state index contributed by atoms with van der Waals surface area (Å²) in [6, 6.07) is 0. The van der Waals surface area contributed by atoms with Crippen LogP contribution >= 0.6 is 0 Å². The summed E-state index contributed by atoms with van der Waals surface area (Å²) in [4.78, 5) is 14.3. The number of hydrogen-bond acceptors (Lipinski definition) is 1. The third kappa shape index (κ3) is 1.99. The van der Waals surface area contributed by atoms with E-state index < -0.39 is 5.97 Å². The van der Waals surface area contributed by atoms with E-state index in [0.717, 1.165) is 12.8 Å². The van der Waals surface area contributed by atoms with Gasteiger partial charge in [0.1, 0.15) is 0 Å². The van der Waals surface area contributed by atoms with Crippen molar-refractivity contribution in [3.05, 3.63) is 22.5 Å². The Balaban J connectivity index is 2.26. The van der Waals surface area contributed by atoms with Crippen molar-refractivity contribution in [2.45, 2.75) is 46.0 Å². The summed E-state index contributed by atoms with van der Waals surface area (Å²) in [7, 11) is 0. The normalized spacial score (nSPS) is 16.9. The van der Waals surface area contributed by atoms with Crippen LogP contribution < -0.4 is 0 Å². The predicted octanol–water partition coefficient (Wildman–Crippen LogP) is 2.47. The highest BCUT2D eigenvalue weighted by Crippen LogP contribution is 2.28. The number of fused-ring (bicyclic) bond motifs is 1. The maximum atomic E-state index is 10.9. The molecule has 88 valence electrons.